The molecule has 112 valence electrons. The van der Waals surface area contributed by atoms with Crippen LogP contribution in [0.25, 0.3) is 0 Å². The van der Waals surface area contributed by atoms with Gasteiger partial charge in [-0.25, -0.2) is 8.42 Å². The van der Waals surface area contributed by atoms with Crippen LogP contribution in [0.5, 0.6) is 11.5 Å². The average molecular weight is 307 g/mol. The number of methoxy groups -OCH3 is 1. The smallest absolute Gasteiger partial charge is 0.262 e. The molecule has 0 saturated heterocycles. The molecule has 0 fully saturated rings. The van der Waals surface area contributed by atoms with E-state index in [4.69, 9.17) is 4.74 Å². The average Bonchev–Trinajstić information content (AvgIpc) is 2.40. The lowest BCUT2D eigenvalue weighted by molar-refractivity contribution is 0.411. The maximum Gasteiger partial charge on any atom is 0.262 e. The molecule has 5 nitrogen and oxygen atoms in total. The van der Waals surface area contributed by atoms with Crippen molar-refractivity contribution in [1.82, 2.24) is 0 Å². The zero-order chi connectivity index (χ0) is 15.6. The first kappa shape index (κ1) is 15.2. The van der Waals surface area contributed by atoms with Crippen LogP contribution in [-0.4, -0.2) is 20.6 Å². The molecule has 2 aromatic carbocycles. The van der Waals surface area contributed by atoms with Crippen LogP contribution in [0, 0.1) is 13.8 Å². The number of aromatic hydroxyl groups is 1. The first-order valence-corrected chi connectivity index (χ1v) is 7.79. The predicted molar refractivity (Wildman–Crippen MR) is 81.4 cm³/mol. The van der Waals surface area contributed by atoms with Gasteiger partial charge in [-0.2, -0.15) is 0 Å². The summed E-state index contributed by atoms with van der Waals surface area (Å²) in [5, 5.41) is 9.40. The van der Waals surface area contributed by atoms with Crippen molar-refractivity contribution in [1.29, 1.82) is 0 Å². The quantitative estimate of drug-likeness (QED) is 0.910. The van der Waals surface area contributed by atoms with Crippen LogP contribution in [0.1, 0.15) is 11.1 Å². The summed E-state index contributed by atoms with van der Waals surface area (Å²) in [5.41, 5.74) is 1.63. The molecule has 0 saturated carbocycles. The normalized spacial score (nSPS) is 11.2. The second-order valence-corrected chi connectivity index (χ2v) is 6.39. The van der Waals surface area contributed by atoms with E-state index in [0.29, 0.717) is 17.0 Å². The third-order valence-electron chi connectivity index (χ3n) is 3.08. The molecule has 0 radical (unpaired) electrons. The number of phenolic OH excluding ortho intramolecular Hbond substituents is 1. The van der Waals surface area contributed by atoms with Gasteiger partial charge in [-0.15, -0.1) is 0 Å². The molecule has 0 aliphatic rings. The van der Waals surface area contributed by atoms with Crippen LogP contribution in [0.15, 0.2) is 41.3 Å². The van der Waals surface area contributed by atoms with E-state index in [0.717, 1.165) is 5.56 Å². The Morgan fingerprint density at radius 1 is 1.10 bits per heavy atom. The fourth-order valence-corrected chi connectivity index (χ4v) is 3.41. The molecule has 0 amide bonds. The molecule has 0 aliphatic heterocycles. The van der Waals surface area contributed by atoms with Gasteiger partial charge in [0.15, 0.2) is 0 Å². The van der Waals surface area contributed by atoms with Crippen molar-refractivity contribution < 1.29 is 18.3 Å². The van der Waals surface area contributed by atoms with E-state index in [1.165, 1.54) is 12.1 Å². The molecule has 6 heteroatoms. The first-order valence-electron chi connectivity index (χ1n) is 6.30. The number of nitrogens with one attached hydrogen (secondary N) is 1. The highest BCUT2D eigenvalue weighted by molar-refractivity contribution is 7.92. The number of sulfonamides is 1. The molecule has 0 aliphatic carbocycles. The molecule has 0 heterocycles. The van der Waals surface area contributed by atoms with Gasteiger partial charge >= 0.3 is 0 Å². The van der Waals surface area contributed by atoms with Crippen LogP contribution in [-0.2, 0) is 10.0 Å². The maximum absolute atomic E-state index is 12.5. The van der Waals surface area contributed by atoms with E-state index in [1.807, 2.05) is 0 Å². The Morgan fingerprint density at radius 2 is 1.81 bits per heavy atom. The SMILES string of the molecule is COc1cc(C)c(S(=O)(=O)Nc2cccc(O)c2)cc1C. The zero-order valence-corrected chi connectivity index (χ0v) is 12.9. The van der Waals surface area contributed by atoms with Gasteiger partial charge in [-0.05, 0) is 49.2 Å². The van der Waals surface area contributed by atoms with Crippen LogP contribution >= 0.6 is 0 Å². The maximum atomic E-state index is 12.5. The number of hydrogen-bond donors (Lipinski definition) is 2. The molecule has 2 aromatic rings. The number of hydrogen-bond acceptors (Lipinski definition) is 4. The number of benzene rings is 2. The van der Waals surface area contributed by atoms with Gasteiger partial charge in [-0.1, -0.05) is 6.07 Å². The molecule has 2 N–H and O–H groups in total. The summed E-state index contributed by atoms with van der Waals surface area (Å²) >= 11 is 0. The van der Waals surface area contributed by atoms with Crippen molar-refractivity contribution >= 4 is 15.7 Å². The summed E-state index contributed by atoms with van der Waals surface area (Å²) in [4.78, 5) is 0.184. The van der Waals surface area contributed by atoms with E-state index in [1.54, 1.807) is 45.2 Å². The van der Waals surface area contributed by atoms with Gasteiger partial charge in [0, 0.05) is 6.07 Å². The third-order valence-corrected chi connectivity index (χ3v) is 4.60. The van der Waals surface area contributed by atoms with Crippen LogP contribution in [0.2, 0.25) is 0 Å². The minimum Gasteiger partial charge on any atom is -0.508 e. The highest BCUT2D eigenvalue weighted by Gasteiger charge is 2.19. The van der Waals surface area contributed by atoms with Crippen molar-refractivity contribution in [2.45, 2.75) is 18.7 Å². The van der Waals surface area contributed by atoms with Crippen molar-refractivity contribution in [3.8, 4) is 11.5 Å². The monoisotopic (exact) mass is 307 g/mol. The summed E-state index contributed by atoms with van der Waals surface area (Å²) in [7, 11) is -2.18. The van der Waals surface area contributed by atoms with E-state index < -0.39 is 10.0 Å². The molecule has 0 aromatic heterocycles. The van der Waals surface area contributed by atoms with Crippen molar-refractivity contribution in [2.75, 3.05) is 11.8 Å². The predicted octanol–water partition coefficient (Wildman–Crippen LogP) is 2.82. The molecular formula is C15H17NO4S. The second-order valence-electron chi connectivity index (χ2n) is 4.74. The molecular weight excluding hydrogens is 290 g/mol. The number of rotatable bonds is 4. The van der Waals surface area contributed by atoms with Crippen molar-refractivity contribution in [3.05, 3.63) is 47.5 Å². The fraction of sp³-hybridized carbons (Fsp3) is 0.200. The number of ether oxygens (including phenoxy) is 1. The summed E-state index contributed by atoms with van der Waals surface area (Å²) in [6, 6.07) is 9.22. The van der Waals surface area contributed by atoms with Gasteiger partial charge in [0.2, 0.25) is 0 Å². The molecule has 21 heavy (non-hydrogen) atoms. The lowest BCUT2D eigenvalue weighted by Crippen LogP contribution is -2.14. The minimum atomic E-state index is -3.72. The van der Waals surface area contributed by atoms with Gasteiger partial charge in [0.25, 0.3) is 10.0 Å². The Bertz CT molecular complexity index is 769. The molecule has 0 atom stereocenters. The Morgan fingerprint density at radius 3 is 2.43 bits per heavy atom. The van der Waals surface area contributed by atoms with Gasteiger partial charge in [-0.3, -0.25) is 4.72 Å². The van der Waals surface area contributed by atoms with Crippen molar-refractivity contribution in [3.63, 3.8) is 0 Å². The Labute approximate surface area is 124 Å². The zero-order valence-electron chi connectivity index (χ0n) is 12.0. The highest BCUT2D eigenvalue weighted by atomic mass is 32.2. The number of anilines is 1. The first-order chi connectivity index (χ1) is 9.83. The van der Waals surface area contributed by atoms with Crippen LogP contribution in [0.3, 0.4) is 0 Å². The van der Waals surface area contributed by atoms with Gasteiger partial charge in [0.05, 0.1) is 17.7 Å². The van der Waals surface area contributed by atoms with Gasteiger partial charge < -0.3 is 9.84 Å². The number of phenols is 1. The lowest BCUT2D eigenvalue weighted by Gasteiger charge is -2.13. The summed E-state index contributed by atoms with van der Waals surface area (Å²) < 4.78 is 32.5. The topological polar surface area (TPSA) is 75.6 Å². The second kappa shape index (κ2) is 5.65. The van der Waals surface area contributed by atoms with E-state index in [-0.39, 0.29) is 10.6 Å². The van der Waals surface area contributed by atoms with Crippen LogP contribution in [0.4, 0.5) is 5.69 Å². The molecule has 0 spiro atoms. The largest absolute Gasteiger partial charge is 0.508 e. The van der Waals surface area contributed by atoms with Gasteiger partial charge in [0.1, 0.15) is 11.5 Å². The fourth-order valence-electron chi connectivity index (χ4n) is 2.05. The summed E-state index contributed by atoms with van der Waals surface area (Å²) in [6.45, 7) is 3.49. The van der Waals surface area contributed by atoms with Crippen molar-refractivity contribution in [2.24, 2.45) is 0 Å². The third kappa shape index (κ3) is 3.28. The summed E-state index contributed by atoms with van der Waals surface area (Å²) in [5.74, 6) is 0.640. The molecule has 0 unspecified atom stereocenters. The minimum absolute atomic E-state index is 0.00201. The Balaban J connectivity index is 2.42. The van der Waals surface area contributed by atoms with Crippen LogP contribution < -0.4 is 9.46 Å². The highest BCUT2D eigenvalue weighted by Crippen LogP contribution is 2.27. The van der Waals surface area contributed by atoms with E-state index in [2.05, 4.69) is 4.72 Å². The molecule has 0 bridgehead atoms. The Hall–Kier alpha value is -2.21. The molecule has 2 rings (SSSR count). The summed E-state index contributed by atoms with van der Waals surface area (Å²) in [6.07, 6.45) is 0. The standard InChI is InChI=1S/C15H17NO4S/c1-10-8-15(11(2)7-14(10)20-3)21(18,19)16-12-5-4-6-13(17)9-12/h4-9,16-17H,1-3H3. The Kier molecular flexibility index (Phi) is 4.09. The van der Waals surface area contributed by atoms with E-state index >= 15 is 0 Å². The lowest BCUT2D eigenvalue weighted by atomic mass is 10.1. The van der Waals surface area contributed by atoms with E-state index in [9.17, 15) is 13.5 Å². The number of aryl methyl sites for hydroxylation is 2.